The van der Waals surface area contributed by atoms with Crippen molar-refractivity contribution in [1.29, 1.82) is 0 Å². The van der Waals surface area contributed by atoms with Gasteiger partial charge in [-0.15, -0.1) is 0 Å². The Balaban J connectivity index is 1.75. The molecule has 3 heteroatoms. The zero-order valence-corrected chi connectivity index (χ0v) is 10.4. The van der Waals surface area contributed by atoms with E-state index < -0.39 is 0 Å². The normalized spacial score (nSPS) is 17.5. The number of aliphatic imine (C=N–C) groups is 1. The number of benzene rings is 2. The first kappa shape index (κ1) is 11.7. The highest BCUT2D eigenvalue weighted by molar-refractivity contribution is 6.12. The lowest BCUT2D eigenvalue weighted by Gasteiger charge is -2.01. The summed E-state index contributed by atoms with van der Waals surface area (Å²) in [7, 11) is 0. The third kappa shape index (κ3) is 2.40. The van der Waals surface area contributed by atoms with Gasteiger partial charge in [-0.3, -0.25) is 9.79 Å². The summed E-state index contributed by atoms with van der Waals surface area (Å²) >= 11 is 0. The van der Waals surface area contributed by atoms with Gasteiger partial charge < -0.3 is 5.32 Å². The number of rotatable bonds is 3. The summed E-state index contributed by atoms with van der Waals surface area (Å²) in [4.78, 5) is 16.3. The Morgan fingerprint density at radius 3 is 2.63 bits per heavy atom. The number of para-hydroxylation sites is 1. The minimum Gasteiger partial charge on any atom is -0.325 e. The number of nitrogens with one attached hydrogen (secondary N) is 1. The second-order valence-corrected chi connectivity index (χ2v) is 4.53. The van der Waals surface area contributed by atoms with Crippen molar-refractivity contribution in [3.63, 3.8) is 0 Å². The van der Waals surface area contributed by atoms with Crippen molar-refractivity contribution in [3.05, 3.63) is 65.7 Å². The maximum absolute atomic E-state index is 11.9. The van der Waals surface area contributed by atoms with E-state index in [2.05, 4.69) is 10.3 Å². The minimum absolute atomic E-state index is 0.00184. The molecule has 3 nitrogen and oxygen atoms in total. The first-order valence-corrected chi connectivity index (χ1v) is 6.28. The summed E-state index contributed by atoms with van der Waals surface area (Å²) in [6, 6.07) is 17.8. The number of hydrogen-bond acceptors (Lipinski definition) is 2. The number of anilines is 1. The van der Waals surface area contributed by atoms with Crippen molar-refractivity contribution in [2.75, 3.05) is 5.32 Å². The van der Waals surface area contributed by atoms with Crippen LogP contribution in [0.4, 0.5) is 5.69 Å². The standard InChI is InChI=1S/C16H14N2O/c19-16-14(13-8-4-5-9-15(13)18-16)11-17-10-12-6-2-1-3-7-12/h1-9,11,14H,10H2,(H,18,19). The molecule has 0 bridgehead atoms. The Hall–Kier alpha value is -2.42. The molecular weight excluding hydrogens is 236 g/mol. The van der Waals surface area contributed by atoms with Gasteiger partial charge in [0, 0.05) is 11.9 Å². The van der Waals surface area contributed by atoms with Gasteiger partial charge >= 0.3 is 0 Å². The lowest BCUT2D eigenvalue weighted by Crippen LogP contribution is -2.13. The lowest BCUT2D eigenvalue weighted by molar-refractivity contribution is -0.115. The van der Waals surface area contributed by atoms with Gasteiger partial charge in [-0.2, -0.15) is 0 Å². The van der Waals surface area contributed by atoms with Crippen LogP contribution in [-0.2, 0) is 11.3 Å². The molecule has 94 valence electrons. The molecule has 2 aromatic rings. The van der Waals surface area contributed by atoms with Gasteiger partial charge in [-0.1, -0.05) is 48.5 Å². The molecule has 1 N–H and O–H groups in total. The summed E-state index contributed by atoms with van der Waals surface area (Å²) in [5.41, 5.74) is 3.04. The van der Waals surface area contributed by atoms with Gasteiger partial charge in [-0.25, -0.2) is 0 Å². The molecule has 0 fully saturated rings. The van der Waals surface area contributed by atoms with E-state index in [4.69, 9.17) is 0 Å². The van der Waals surface area contributed by atoms with Gasteiger partial charge in [0.05, 0.1) is 6.54 Å². The molecule has 3 rings (SSSR count). The van der Waals surface area contributed by atoms with E-state index in [1.807, 2.05) is 54.6 Å². The lowest BCUT2D eigenvalue weighted by atomic mass is 10.0. The Morgan fingerprint density at radius 1 is 1.05 bits per heavy atom. The Kier molecular flexibility index (Phi) is 3.11. The number of nitrogens with zero attached hydrogens (tertiary/aromatic N) is 1. The van der Waals surface area contributed by atoms with E-state index in [-0.39, 0.29) is 11.8 Å². The Morgan fingerprint density at radius 2 is 1.79 bits per heavy atom. The number of carbonyl (C=O) groups excluding carboxylic acids is 1. The molecule has 1 amide bonds. The molecule has 0 aromatic heterocycles. The highest BCUT2D eigenvalue weighted by Crippen LogP contribution is 2.30. The summed E-state index contributed by atoms with van der Waals surface area (Å²) in [5.74, 6) is -0.266. The molecule has 0 spiro atoms. The van der Waals surface area contributed by atoms with Crippen LogP contribution < -0.4 is 5.32 Å². The van der Waals surface area contributed by atoms with Crippen molar-refractivity contribution in [1.82, 2.24) is 0 Å². The quantitative estimate of drug-likeness (QED) is 0.836. The van der Waals surface area contributed by atoms with E-state index in [0.717, 1.165) is 16.8 Å². The second kappa shape index (κ2) is 5.06. The summed E-state index contributed by atoms with van der Waals surface area (Å²) < 4.78 is 0. The molecule has 1 aliphatic rings. The summed E-state index contributed by atoms with van der Waals surface area (Å²) in [6.07, 6.45) is 1.74. The van der Waals surface area contributed by atoms with Crippen LogP contribution in [0.3, 0.4) is 0 Å². The number of fused-ring (bicyclic) bond motifs is 1. The minimum atomic E-state index is -0.264. The van der Waals surface area contributed by atoms with Crippen molar-refractivity contribution < 1.29 is 4.79 Å². The van der Waals surface area contributed by atoms with E-state index in [1.54, 1.807) is 6.21 Å². The van der Waals surface area contributed by atoms with Crippen LogP contribution in [0, 0.1) is 0 Å². The Bertz CT molecular complexity index is 620. The van der Waals surface area contributed by atoms with Crippen LogP contribution in [0.25, 0.3) is 0 Å². The highest BCUT2D eigenvalue weighted by Gasteiger charge is 2.28. The maximum Gasteiger partial charge on any atom is 0.237 e. The average Bonchev–Trinajstić information content (AvgIpc) is 2.76. The third-order valence-electron chi connectivity index (χ3n) is 3.21. The molecule has 1 aliphatic heterocycles. The van der Waals surface area contributed by atoms with E-state index >= 15 is 0 Å². The van der Waals surface area contributed by atoms with Crippen molar-refractivity contribution in [3.8, 4) is 0 Å². The number of carbonyl (C=O) groups is 1. The first-order valence-electron chi connectivity index (χ1n) is 6.28. The van der Waals surface area contributed by atoms with Crippen LogP contribution in [-0.4, -0.2) is 12.1 Å². The van der Waals surface area contributed by atoms with Crippen molar-refractivity contribution in [2.24, 2.45) is 4.99 Å². The van der Waals surface area contributed by atoms with Crippen LogP contribution in [0.5, 0.6) is 0 Å². The van der Waals surface area contributed by atoms with Crippen LogP contribution in [0.2, 0.25) is 0 Å². The van der Waals surface area contributed by atoms with Crippen LogP contribution in [0.15, 0.2) is 59.6 Å². The first-order chi connectivity index (χ1) is 9.34. The fourth-order valence-corrected chi connectivity index (χ4v) is 2.23. The van der Waals surface area contributed by atoms with Crippen molar-refractivity contribution in [2.45, 2.75) is 12.5 Å². The maximum atomic E-state index is 11.9. The van der Waals surface area contributed by atoms with Gasteiger partial charge in [0.15, 0.2) is 0 Å². The predicted molar refractivity (Wildman–Crippen MR) is 76.5 cm³/mol. The molecule has 2 aromatic carbocycles. The fourth-order valence-electron chi connectivity index (χ4n) is 2.23. The second-order valence-electron chi connectivity index (χ2n) is 4.53. The SMILES string of the molecule is O=C1Nc2ccccc2C1C=NCc1ccccc1. The Labute approximate surface area is 112 Å². The molecule has 1 unspecified atom stereocenters. The molecule has 1 heterocycles. The molecule has 19 heavy (non-hydrogen) atoms. The van der Waals surface area contributed by atoms with Crippen LogP contribution in [0.1, 0.15) is 17.0 Å². The summed E-state index contributed by atoms with van der Waals surface area (Å²) in [5, 5.41) is 2.87. The van der Waals surface area contributed by atoms with E-state index in [9.17, 15) is 4.79 Å². The molecule has 0 aliphatic carbocycles. The van der Waals surface area contributed by atoms with Crippen LogP contribution >= 0.6 is 0 Å². The average molecular weight is 250 g/mol. The fraction of sp³-hybridized carbons (Fsp3) is 0.125. The predicted octanol–water partition coefficient (Wildman–Crippen LogP) is 2.99. The molecule has 1 atom stereocenters. The molecule has 0 radical (unpaired) electrons. The monoisotopic (exact) mass is 250 g/mol. The third-order valence-corrected chi connectivity index (χ3v) is 3.21. The summed E-state index contributed by atoms with van der Waals surface area (Å²) in [6.45, 7) is 0.604. The smallest absolute Gasteiger partial charge is 0.237 e. The molecule has 0 saturated carbocycles. The van der Waals surface area contributed by atoms with Gasteiger partial charge in [0.25, 0.3) is 0 Å². The van der Waals surface area contributed by atoms with E-state index in [0.29, 0.717) is 6.54 Å². The topological polar surface area (TPSA) is 41.5 Å². The number of amides is 1. The van der Waals surface area contributed by atoms with Crippen molar-refractivity contribution >= 4 is 17.8 Å². The zero-order valence-electron chi connectivity index (χ0n) is 10.4. The molecular formula is C16H14N2O. The zero-order chi connectivity index (χ0) is 13.1. The molecule has 0 saturated heterocycles. The van der Waals surface area contributed by atoms with Gasteiger partial charge in [0.1, 0.15) is 5.92 Å². The van der Waals surface area contributed by atoms with Gasteiger partial charge in [-0.05, 0) is 17.2 Å². The number of hydrogen-bond donors (Lipinski definition) is 1. The highest BCUT2D eigenvalue weighted by atomic mass is 16.2. The largest absolute Gasteiger partial charge is 0.325 e. The van der Waals surface area contributed by atoms with Gasteiger partial charge in [0.2, 0.25) is 5.91 Å². The van der Waals surface area contributed by atoms with E-state index in [1.165, 1.54) is 0 Å².